The number of ketones is 1. The Morgan fingerprint density at radius 3 is 2.62 bits per heavy atom. The summed E-state index contributed by atoms with van der Waals surface area (Å²) in [5, 5.41) is 0. The normalized spacial score (nSPS) is 10.4. The maximum Gasteiger partial charge on any atom is 0.188 e. The summed E-state index contributed by atoms with van der Waals surface area (Å²) in [6.45, 7) is 0.491. The molecule has 16 heavy (non-hydrogen) atoms. The lowest BCUT2D eigenvalue weighted by atomic mass is 10.1. The quantitative estimate of drug-likeness (QED) is 0.552. The van der Waals surface area contributed by atoms with E-state index in [0.717, 1.165) is 12.1 Å². The molecule has 0 spiro atoms. The van der Waals surface area contributed by atoms with Crippen LogP contribution in [-0.4, -0.2) is 32.7 Å². The molecule has 0 aliphatic heterocycles. The second-order valence-corrected chi connectivity index (χ2v) is 3.10. The minimum atomic E-state index is -1.04. The van der Waals surface area contributed by atoms with Crippen LogP contribution in [0.5, 0.6) is 0 Å². The van der Waals surface area contributed by atoms with Crippen LogP contribution in [-0.2, 0) is 9.47 Å². The number of Topliss-reactive ketones (excluding diaryl/α,β-unsaturated/α-hetero) is 1. The summed E-state index contributed by atoms with van der Waals surface area (Å²) >= 11 is 0. The molecule has 0 aliphatic carbocycles. The van der Waals surface area contributed by atoms with Gasteiger partial charge < -0.3 is 9.47 Å². The maximum atomic E-state index is 12.8. The SMILES string of the molecule is COCCOCC(=O)c1ccc(F)c(F)c1. The second kappa shape index (κ2) is 6.30. The van der Waals surface area contributed by atoms with Gasteiger partial charge >= 0.3 is 0 Å². The van der Waals surface area contributed by atoms with Crippen LogP contribution in [0, 0.1) is 11.6 Å². The van der Waals surface area contributed by atoms with Gasteiger partial charge in [-0.15, -0.1) is 0 Å². The molecule has 1 rings (SSSR count). The second-order valence-electron chi connectivity index (χ2n) is 3.10. The summed E-state index contributed by atoms with van der Waals surface area (Å²) in [6.07, 6.45) is 0. The number of ether oxygens (including phenoxy) is 2. The zero-order chi connectivity index (χ0) is 12.0. The summed E-state index contributed by atoms with van der Waals surface area (Å²) in [5.74, 6) is -2.41. The van der Waals surface area contributed by atoms with Crippen molar-refractivity contribution in [1.82, 2.24) is 0 Å². The molecular formula is C11H12F2O3. The molecule has 1 aromatic rings. The van der Waals surface area contributed by atoms with E-state index in [9.17, 15) is 13.6 Å². The van der Waals surface area contributed by atoms with Crippen LogP contribution in [0.15, 0.2) is 18.2 Å². The standard InChI is InChI=1S/C11H12F2O3/c1-15-4-5-16-7-11(14)8-2-3-9(12)10(13)6-8/h2-3,6H,4-5,7H2,1H3. The van der Waals surface area contributed by atoms with Crippen LogP contribution in [0.1, 0.15) is 10.4 Å². The molecule has 0 aromatic heterocycles. The Bertz CT molecular complexity index is 366. The highest BCUT2D eigenvalue weighted by Gasteiger charge is 2.09. The van der Waals surface area contributed by atoms with Crippen molar-refractivity contribution in [1.29, 1.82) is 0 Å². The van der Waals surface area contributed by atoms with Gasteiger partial charge in [-0.2, -0.15) is 0 Å². The largest absolute Gasteiger partial charge is 0.382 e. The number of carbonyl (C=O) groups is 1. The third kappa shape index (κ3) is 3.67. The van der Waals surface area contributed by atoms with Crippen molar-refractivity contribution >= 4 is 5.78 Å². The first-order chi connectivity index (χ1) is 7.65. The molecular weight excluding hydrogens is 218 g/mol. The van der Waals surface area contributed by atoms with E-state index >= 15 is 0 Å². The highest BCUT2D eigenvalue weighted by atomic mass is 19.2. The van der Waals surface area contributed by atoms with Gasteiger partial charge in [-0.25, -0.2) is 8.78 Å². The molecule has 0 N–H and O–H groups in total. The Kier molecular flexibility index (Phi) is 5.01. The van der Waals surface area contributed by atoms with Crippen molar-refractivity contribution in [3.63, 3.8) is 0 Å². The highest BCUT2D eigenvalue weighted by molar-refractivity contribution is 5.97. The Hall–Kier alpha value is -1.33. The van der Waals surface area contributed by atoms with Crippen molar-refractivity contribution in [3.05, 3.63) is 35.4 Å². The van der Waals surface area contributed by atoms with Gasteiger partial charge in [0, 0.05) is 12.7 Å². The van der Waals surface area contributed by atoms with Crippen LogP contribution in [0.2, 0.25) is 0 Å². The van der Waals surface area contributed by atoms with Crippen molar-refractivity contribution < 1.29 is 23.0 Å². The van der Waals surface area contributed by atoms with Crippen molar-refractivity contribution in [3.8, 4) is 0 Å². The smallest absolute Gasteiger partial charge is 0.188 e. The topological polar surface area (TPSA) is 35.5 Å². The van der Waals surface area contributed by atoms with Crippen molar-refractivity contribution in [2.45, 2.75) is 0 Å². The number of hydrogen-bond acceptors (Lipinski definition) is 3. The van der Waals surface area contributed by atoms with Gasteiger partial charge in [0.05, 0.1) is 13.2 Å². The molecule has 3 nitrogen and oxygen atoms in total. The fourth-order valence-electron chi connectivity index (χ4n) is 1.06. The lowest BCUT2D eigenvalue weighted by molar-refractivity contribution is 0.0576. The molecule has 0 bridgehead atoms. The van der Waals surface area contributed by atoms with E-state index in [1.54, 1.807) is 0 Å². The Morgan fingerprint density at radius 1 is 1.25 bits per heavy atom. The summed E-state index contributed by atoms with van der Waals surface area (Å²) in [7, 11) is 1.51. The van der Waals surface area contributed by atoms with Crippen LogP contribution >= 0.6 is 0 Å². The molecule has 0 radical (unpaired) electrons. The van der Waals surface area contributed by atoms with Gasteiger partial charge in [-0.05, 0) is 18.2 Å². The molecule has 0 saturated heterocycles. The van der Waals surface area contributed by atoms with E-state index < -0.39 is 17.4 Å². The third-order valence-corrected chi connectivity index (χ3v) is 1.91. The molecule has 0 saturated carbocycles. The van der Waals surface area contributed by atoms with Gasteiger partial charge in [0.2, 0.25) is 0 Å². The van der Waals surface area contributed by atoms with Gasteiger partial charge in [-0.3, -0.25) is 4.79 Å². The highest BCUT2D eigenvalue weighted by Crippen LogP contribution is 2.09. The van der Waals surface area contributed by atoms with E-state index in [-0.39, 0.29) is 18.8 Å². The number of halogens is 2. The number of rotatable bonds is 6. The van der Waals surface area contributed by atoms with Gasteiger partial charge in [-0.1, -0.05) is 0 Å². The molecule has 1 aromatic carbocycles. The maximum absolute atomic E-state index is 12.8. The van der Waals surface area contributed by atoms with Crippen molar-refractivity contribution in [2.24, 2.45) is 0 Å². The summed E-state index contributed by atoms with van der Waals surface area (Å²) in [4.78, 5) is 11.4. The molecule has 0 aliphatic rings. The van der Waals surface area contributed by atoms with Gasteiger partial charge in [0.15, 0.2) is 17.4 Å². The average Bonchev–Trinajstić information content (AvgIpc) is 2.28. The van der Waals surface area contributed by atoms with E-state index in [1.165, 1.54) is 13.2 Å². The molecule has 0 fully saturated rings. The first-order valence-electron chi connectivity index (χ1n) is 4.70. The molecule has 0 heterocycles. The van der Waals surface area contributed by atoms with E-state index in [4.69, 9.17) is 9.47 Å². The minimum Gasteiger partial charge on any atom is -0.382 e. The van der Waals surface area contributed by atoms with Crippen LogP contribution in [0.4, 0.5) is 8.78 Å². The summed E-state index contributed by atoms with van der Waals surface area (Å²) in [6, 6.07) is 3.00. The van der Waals surface area contributed by atoms with Gasteiger partial charge in [0.1, 0.15) is 6.61 Å². The summed E-state index contributed by atoms with van der Waals surface area (Å²) in [5.41, 5.74) is 0.0938. The van der Waals surface area contributed by atoms with Crippen LogP contribution < -0.4 is 0 Å². The van der Waals surface area contributed by atoms with Crippen molar-refractivity contribution in [2.75, 3.05) is 26.9 Å². The lowest BCUT2D eigenvalue weighted by Crippen LogP contribution is -2.12. The van der Waals surface area contributed by atoms with E-state index in [1.807, 2.05) is 0 Å². The Balaban J connectivity index is 2.50. The fraction of sp³-hybridized carbons (Fsp3) is 0.364. The molecule has 0 unspecified atom stereocenters. The minimum absolute atomic E-state index is 0.0938. The number of methoxy groups -OCH3 is 1. The molecule has 0 amide bonds. The first kappa shape index (κ1) is 12.7. The average molecular weight is 230 g/mol. The summed E-state index contributed by atoms with van der Waals surface area (Å²) < 4.78 is 35.1. The van der Waals surface area contributed by atoms with Crippen LogP contribution in [0.3, 0.4) is 0 Å². The molecule has 88 valence electrons. The number of carbonyl (C=O) groups excluding carboxylic acids is 1. The van der Waals surface area contributed by atoms with E-state index in [0.29, 0.717) is 6.61 Å². The zero-order valence-corrected chi connectivity index (χ0v) is 8.83. The molecule has 5 heteroatoms. The van der Waals surface area contributed by atoms with Gasteiger partial charge in [0.25, 0.3) is 0 Å². The Morgan fingerprint density at radius 2 is 2.00 bits per heavy atom. The lowest BCUT2D eigenvalue weighted by Gasteiger charge is -2.03. The predicted molar refractivity (Wildman–Crippen MR) is 53.4 cm³/mol. The third-order valence-electron chi connectivity index (χ3n) is 1.91. The monoisotopic (exact) mass is 230 g/mol. The fourth-order valence-corrected chi connectivity index (χ4v) is 1.06. The number of hydrogen-bond donors (Lipinski definition) is 0. The first-order valence-corrected chi connectivity index (χ1v) is 4.70. The predicted octanol–water partition coefficient (Wildman–Crippen LogP) is 1.81. The number of benzene rings is 1. The molecule has 0 atom stereocenters. The van der Waals surface area contributed by atoms with Crippen LogP contribution in [0.25, 0.3) is 0 Å². The van der Waals surface area contributed by atoms with E-state index in [2.05, 4.69) is 0 Å². The zero-order valence-electron chi connectivity index (χ0n) is 8.83. The Labute approximate surface area is 92.0 Å².